The molecule has 2 aromatic heterocycles. The quantitative estimate of drug-likeness (QED) is 0.665. The minimum atomic E-state index is -0.721. The van der Waals surface area contributed by atoms with Gasteiger partial charge in [-0.15, -0.1) is 11.3 Å². The van der Waals surface area contributed by atoms with Crippen LogP contribution in [0.15, 0.2) is 34.9 Å². The highest BCUT2D eigenvalue weighted by Crippen LogP contribution is 2.19. The monoisotopic (exact) mass is 351 g/mol. The van der Waals surface area contributed by atoms with E-state index in [1.807, 2.05) is 19.1 Å². The third kappa shape index (κ3) is 6.47. The van der Waals surface area contributed by atoms with E-state index in [-0.39, 0.29) is 12.6 Å². The van der Waals surface area contributed by atoms with Crippen molar-refractivity contribution < 1.29 is 19.1 Å². The number of carbonyl (C=O) groups is 1. The van der Waals surface area contributed by atoms with Crippen molar-refractivity contribution in [3.05, 3.63) is 46.0 Å². The first-order valence-electron chi connectivity index (χ1n) is 8.20. The maximum absolute atomic E-state index is 11.4. The van der Waals surface area contributed by atoms with Gasteiger partial charge in [0.15, 0.2) is 0 Å². The maximum atomic E-state index is 11.4. The van der Waals surface area contributed by atoms with E-state index in [0.29, 0.717) is 19.5 Å². The Balaban J connectivity index is 1.90. The number of carbonyl (C=O) groups excluding carboxylic acids is 1. The fourth-order valence-corrected chi connectivity index (χ4v) is 3.35. The highest BCUT2D eigenvalue weighted by molar-refractivity contribution is 7.11. The Labute approximate surface area is 146 Å². The van der Waals surface area contributed by atoms with Gasteiger partial charge in [0.1, 0.15) is 18.5 Å². The van der Waals surface area contributed by atoms with Crippen LogP contribution < -0.4 is 0 Å². The molecule has 0 radical (unpaired) electrons. The number of nitrogens with zero attached hydrogens (tertiary/aromatic N) is 1. The molecule has 0 amide bonds. The number of hydrogen-bond donors (Lipinski definition) is 1. The van der Waals surface area contributed by atoms with E-state index in [1.54, 1.807) is 17.6 Å². The summed E-state index contributed by atoms with van der Waals surface area (Å²) in [6.07, 6.45) is 2.06. The summed E-state index contributed by atoms with van der Waals surface area (Å²) in [6.45, 7) is 5.76. The zero-order chi connectivity index (χ0) is 17.4. The van der Waals surface area contributed by atoms with Gasteiger partial charge >= 0.3 is 5.97 Å². The lowest BCUT2D eigenvalue weighted by Gasteiger charge is -2.23. The number of esters is 1. The van der Waals surface area contributed by atoms with E-state index >= 15 is 0 Å². The summed E-state index contributed by atoms with van der Waals surface area (Å²) in [5, 5.41) is 10.2. The fourth-order valence-electron chi connectivity index (χ4n) is 2.41. The van der Waals surface area contributed by atoms with Gasteiger partial charge in [0.05, 0.1) is 12.8 Å². The summed E-state index contributed by atoms with van der Waals surface area (Å²) >= 11 is 1.74. The summed E-state index contributed by atoms with van der Waals surface area (Å²) in [5.74, 6) is 0.585. The summed E-state index contributed by atoms with van der Waals surface area (Å²) in [6, 6.07) is 7.96. The lowest BCUT2D eigenvalue weighted by atomic mass is 10.3. The second-order valence-electron chi connectivity index (χ2n) is 5.85. The number of aryl methyl sites for hydroxylation is 1. The summed E-state index contributed by atoms with van der Waals surface area (Å²) < 4.78 is 10.5. The molecule has 0 spiro atoms. The molecule has 6 heteroatoms. The van der Waals surface area contributed by atoms with Crippen LogP contribution >= 0.6 is 11.3 Å². The first-order valence-corrected chi connectivity index (χ1v) is 9.02. The van der Waals surface area contributed by atoms with Crippen LogP contribution in [0.1, 0.15) is 35.3 Å². The van der Waals surface area contributed by atoms with Crippen molar-refractivity contribution in [3.63, 3.8) is 0 Å². The van der Waals surface area contributed by atoms with Gasteiger partial charge in [-0.25, -0.2) is 0 Å². The zero-order valence-electron chi connectivity index (χ0n) is 14.2. The van der Waals surface area contributed by atoms with E-state index in [1.165, 1.54) is 9.75 Å². The first-order chi connectivity index (χ1) is 11.6. The van der Waals surface area contributed by atoms with Gasteiger partial charge in [0, 0.05) is 29.3 Å². The molecule has 0 saturated carbocycles. The number of aliphatic hydroxyl groups excluding tert-OH is 1. The lowest BCUT2D eigenvalue weighted by Crippen LogP contribution is -2.34. The molecular weight excluding hydrogens is 326 g/mol. The van der Waals surface area contributed by atoms with Gasteiger partial charge in [0.25, 0.3) is 0 Å². The van der Waals surface area contributed by atoms with Crippen LogP contribution in [0.25, 0.3) is 0 Å². The van der Waals surface area contributed by atoms with Crippen LogP contribution in [0.4, 0.5) is 0 Å². The van der Waals surface area contributed by atoms with Crippen LogP contribution in [-0.4, -0.2) is 35.2 Å². The predicted octanol–water partition coefficient (Wildman–Crippen LogP) is 3.36. The van der Waals surface area contributed by atoms with Crippen LogP contribution in [0.2, 0.25) is 0 Å². The molecule has 2 rings (SSSR count). The van der Waals surface area contributed by atoms with E-state index in [4.69, 9.17) is 9.15 Å². The molecule has 0 aliphatic rings. The number of hydrogen-bond acceptors (Lipinski definition) is 6. The summed E-state index contributed by atoms with van der Waals surface area (Å²) in [4.78, 5) is 16.0. The standard InChI is InChI=1S/C18H25NO4S/c1-3-5-18(21)23-13-15(20)10-19(11-16-6-4-9-22-16)12-17-8-7-14(2)24-17/h4,6-9,15,20H,3,5,10-13H2,1-2H3/t15-/m0/s1. The SMILES string of the molecule is CCCC(=O)OC[C@@H](O)CN(Cc1ccco1)Cc1ccc(C)s1. The third-order valence-corrected chi connectivity index (χ3v) is 4.48. The molecule has 1 N–H and O–H groups in total. The van der Waals surface area contributed by atoms with Crippen molar-refractivity contribution in [2.24, 2.45) is 0 Å². The molecule has 1 atom stereocenters. The van der Waals surface area contributed by atoms with Crippen LogP contribution in [0, 0.1) is 6.92 Å². The van der Waals surface area contributed by atoms with Crippen molar-refractivity contribution in [2.45, 2.75) is 45.9 Å². The largest absolute Gasteiger partial charge is 0.468 e. The minimum absolute atomic E-state index is 0.0248. The minimum Gasteiger partial charge on any atom is -0.468 e. The van der Waals surface area contributed by atoms with E-state index < -0.39 is 6.10 Å². The number of furan rings is 1. The van der Waals surface area contributed by atoms with Gasteiger partial charge in [-0.3, -0.25) is 9.69 Å². The van der Waals surface area contributed by atoms with Crippen LogP contribution in [0.5, 0.6) is 0 Å². The van der Waals surface area contributed by atoms with Gasteiger partial charge in [-0.05, 0) is 37.6 Å². The molecule has 0 saturated heterocycles. The molecule has 0 bridgehead atoms. The lowest BCUT2D eigenvalue weighted by molar-refractivity contribution is -0.147. The molecule has 132 valence electrons. The number of aliphatic hydroxyl groups is 1. The molecule has 5 nitrogen and oxygen atoms in total. The zero-order valence-corrected chi connectivity index (χ0v) is 15.1. The predicted molar refractivity (Wildman–Crippen MR) is 93.8 cm³/mol. The molecular formula is C18H25NO4S. The smallest absolute Gasteiger partial charge is 0.305 e. The second kappa shape index (κ2) is 9.61. The summed E-state index contributed by atoms with van der Waals surface area (Å²) in [7, 11) is 0. The van der Waals surface area contributed by atoms with Gasteiger partial charge in [-0.2, -0.15) is 0 Å². The van der Waals surface area contributed by atoms with Crippen LogP contribution in [0.3, 0.4) is 0 Å². The molecule has 0 fully saturated rings. The molecule has 2 heterocycles. The van der Waals surface area contributed by atoms with Crippen molar-refractivity contribution >= 4 is 17.3 Å². The average molecular weight is 351 g/mol. The average Bonchev–Trinajstić information content (AvgIpc) is 3.17. The molecule has 0 unspecified atom stereocenters. The maximum Gasteiger partial charge on any atom is 0.305 e. The van der Waals surface area contributed by atoms with E-state index in [0.717, 1.165) is 18.7 Å². The Kier molecular flexibility index (Phi) is 7.49. The van der Waals surface area contributed by atoms with Gasteiger partial charge in [0.2, 0.25) is 0 Å². The highest BCUT2D eigenvalue weighted by Gasteiger charge is 2.16. The molecule has 2 aromatic rings. The molecule has 0 aromatic carbocycles. The van der Waals surface area contributed by atoms with Crippen molar-refractivity contribution in [2.75, 3.05) is 13.2 Å². The van der Waals surface area contributed by atoms with E-state index in [2.05, 4.69) is 24.0 Å². The number of rotatable bonds is 10. The van der Waals surface area contributed by atoms with E-state index in [9.17, 15) is 9.90 Å². The second-order valence-corrected chi connectivity index (χ2v) is 7.22. The first kappa shape index (κ1) is 18.7. The van der Waals surface area contributed by atoms with Crippen molar-refractivity contribution in [1.29, 1.82) is 0 Å². The van der Waals surface area contributed by atoms with Gasteiger partial charge in [-0.1, -0.05) is 6.92 Å². The Morgan fingerprint density at radius 3 is 2.83 bits per heavy atom. The molecule has 0 aliphatic heterocycles. The highest BCUT2D eigenvalue weighted by atomic mass is 32.1. The van der Waals surface area contributed by atoms with Crippen molar-refractivity contribution in [3.8, 4) is 0 Å². The van der Waals surface area contributed by atoms with Crippen LogP contribution in [-0.2, 0) is 22.6 Å². The number of ether oxygens (including phenoxy) is 1. The topological polar surface area (TPSA) is 62.9 Å². The normalized spacial score (nSPS) is 12.5. The number of thiophene rings is 1. The Morgan fingerprint density at radius 1 is 1.38 bits per heavy atom. The molecule has 0 aliphatic carbocycles. The fraction of sp³-hybridized carbons (Fsp3) is 0.500. The Morgan fingerprint density at radius 2 is 2.21 bits per heavy atom. The third-order valence-electron chi connectivity index (χ3n) is 3.49. The van der Waals surface area contributed by atoms with Gasteiger partial charge < -0.3 is 14.3 Å². The Bertz CT molecular complexity index is 608. The van der Waals surface area contributed by atoms with Crippen molar-refractivity contribution in [1.82, 2.24) is 4.90 Å². The molecule has 24 heavy (non-hydrogen) atoms. The summed E-state index contributed by atoms with van der Waals surface area (Å²) in [5.41, 5.74) is 0. The Hall–Kier alpha value is -1.63.